The van der Waals surface area contributed by atoms with Crippen LogP contribution in [0.4, 0.5) is 0 Å². The van der Waals surface area contributed by atoms with E-state index in [1.54, 1.807) is 7.11 Å². The molecule has 2 fully saturated rings. The van der Waals surface area contributed by atoms with E-state index >= 15 is 0 Å². The molecule has 3 heterocycles. The zero-order chi connectivity index (χ0) is 14.9. The first-order valence-corrected chi connectivity index (χ1v) is 8.45. The summed E-state index contributed by atoms with van der Waals surface area (Å²) in [5.74, 6) is 0.941. The first kappa shape index (κ1) is 14.1. The molecule has 4 heteroatoms. The number of aromatic amines is 1. The summed E-state index contributed by atoms with van der Waals surface area (Å²) in [6.07, 6.45) is 7.30. The number of benzene rings is 1. The molecule has 2 N–H and O–H groups in total. The molecule has 0 aliphatic carbocycles. The van der Waals surface area contributed by atoms with E-state index in [1.807, 2.05) is 6.07 Å². The summed E-state index contributed by atoms with van der Waals surface area (Å²) in [5, 5.41) is 4.82. The van der Waals surface area contributed by atoms with E-state index in [9.17, 15) is 0 Å². The topological polar surface area (TPSA) is 40.3 Å². The largest absolute Gasteiger partial charge is 0.497 e. The van der Waals surface area contributed by atoms with Crippen LogP contribution in [0.5, 0.6) is 5.75 Å². The first-order valence-electron chi connectivity index (χ1n) is 8.45. The number of ether oxygens (including phenoxy) is 1. The van der Waals surface area contributed by atoms with Gasteiger partial charge in [-0.05, 0) is 62.5 Å². The van der Waals surface area contributed by atoms with Crippen molar-refractivity contribution in [3.8, 4) is 5.75 Å². The highest BCUT2D eigenvalue weighted by Crippen LogP contribution is 2.29. The van der Waals surface area contributed by atoms with Gasteiger partial charge in [0.1, 0.15) is 5.75 Å². The van der Waals surface area contributed by atoms with Gasteiger partial charge in [0, 0.05) is 35.7 Å². The standard InChI is InChI=1S/C18H25N3O/c1-22-16-4-5-18-17(10-16)13(11-20-18)9-14-3-2-8-21(14)15-6-7-19-12-15/h4-5,10-11,14-15,19-20H,2-3,6-9,12H2,1H3/t14-,15-/m1/s1. The summed E-state index contributed by atoms with van der Waals surface area (Å²) >= 11 is 0. The minimum Gasteiger partial charge on any atom is -0.497 e. The van der Waals surface area contributed by atoms with Gasteiger partial charge in [-0.2, -0.15) is 0 Å². The molecule has 4 rings (SSSR count). The van der Waals surface area contributed by atoms with Crippen LogP contribution in [0.1, 0.15) is 24.8 Å². The van der Waals surface area contributed by atoms with Crippen LogP contribution in [0.3, 0.4) is 0 Å². The molecule has 1 aromatic carbocycles. The van der Waals surface area contributed by atoms with Crippen LogP contribution in [0, 0.1) is 0 Å². The molecule has 0 saturated carbocycles. The molecule has 2 aromatic rings. The number of nitrogens with one attached hydrogen (secondary N) is 2. The number of fused-ring (bicyclic) bond motifs is 1. The Labute approximate surface area is 131 Å². The quantitative estimate of drug-likeness (QED) is 0.911. The van der Waals surface area contributed by atoms with E-state index in [1.165, 1.54) is 48.8 Å². The van der Waals surface area contributed by atoms with Crippen molar-refractivity contribution >= 4 is 10.9 Å². The molecule has 0 bridgehead atoms. The van der Waals surface area contributed by atoms with Crippen molar-refractivity contribution in [1.82, 2.24) is 15.2 Å². The smallest absolute Gasteiger partial charge is 0.119 e. The van der Waals surface area contributed by atoms with Crippen molar-refractivity contribution < 1.29 is 4.74 Å². The molecule has 1 aromatic heterocycles. The molecule has 0 unspecified atom stereocenters. The first-order chi connectivity index (χ1) is 10.8. The van der Waals surface area contributed by atoms with Crippen LogP contribution in [0.15, 0.2) is 24.4 Å². The lowest BCUT2D eigenvalue weighted by molar-refractivity contribution is 0.190. The highest BCUT2D eigenvalue weighted by Gasteiger charge is 2.32. The number of hydrogen-bond donors (Lipinski definition) is 2. The monoisotopic (exact) mass is 299 g/mol. The predicted octanol–water partition coefficient (Wildman–Crippen LogP) is 2.55. The molecular weight excluding hydrogens is 274 g/mol. The maximum atomic E-state index is 5.39. The SMILES string of the molecule is COc1ccc2[nH]cc(C[C@H]3CCCN3[C@@H]3CCNC3)c2c1. The number of hydrogen-bond acceptors (Lipinski definition) is 3. The van der Waals surface area contributed by atoms with E-state index in [0.717, 1.165) is 24.8 Å². The van der Waals surface area contributed by atoms with Gasteiger partial charge in [0.05, 0.1) is 7.11 Å². The Morgan fingerprint density at radius 1 is 1.32 bits per heavy atom. The fraction of sp³-hybridized carbons (Fsp3) is 0.556. The van der Waals surface area contributed by atoms with Crippen molar-refractivity contribution in [2.45, 2.75) is 37.8 Å². The lowest BCUT2D eigenvalue weighted by Crippen LogP contribution is -2.41. The molecule has 4 nitrogen and oxygen atoms in total. The van der Waals surface area contributed by atoms with E-state index in [0.29, 0.717) is 6.04 Å². The zero-order valence-corrected chi connectivity index (χ0v) is 13.3. The van der Waals surface area contributed by atoms with E-state index in [4.69, 9.17) is 4.74 Å². The average molecular weight is 299 g/mol. The minimum absolute atomic E-state index is 0.690. The van der Waals surface area contributed by atoms with Gasteiger partial charge in [0.15, 0.2) is 0 Å². The highest BCUT2D eigenvalue weighted by atomic mass is 16.5. The molecule has 0 amide bonds. The second-order valence-corrected chi connectivity index (χ2v) is 6.61. The number of H-pyrrole nitrogens is 1. The van der Waals surface area contributed by atoms with Gasteiger partial charge in [0.2, 0.25) is 0 Å². The number of methoxy groups -OCH3 is 1. The Morgan fingerprint density at radius 3 is 3.09 bits per heavy atom. The lowest BCUT2D eigenvalue weighted by atomic mass is 10.0. The van der Waals surface area contributed by atoms with E-state index in [2.05, 4.69) is 33.5 Å². The summed E-state index contributed by atoms with van der Waals surface area (Å²) in [7, 11) is 1.74. The lowest BCUT2D eigenvalue weighted by Gasteiger charge is -2.30. The Balaban J connectivity index is 1.57. The zero-order valence-electron chi connectivity index (χ0n) is 13.3. The Hall–Kier alpha value is -1.52. The van der Waals surface area contributed by atoms with Gasteiger partial charge in [-0.15, -0.1) is 0 Å². The average Bonchev–Trinajstić information content (AvgIpc) is 3.27. The summed E-state index contributed by atoms with van der Waals surface area (Å²) in [6.45, 7) is 3.61. The Morgan fingerprint density at radius 2 is 2.27 bits per heavy atom. The Bertz CT molecular complexity index is 645. The van der Waals surface area contributed by atoms with Crippen molar-refractivity contribution in [1.29, 1.82) is 0 Å². The number of rotatable bonds is 4. The minimum atomic E-state index is 0.690. The second kappa shape index (κ2) is 5.94. The third-order valence-corrected chi connectivity index (χ3v) is 5.36. The predicted molar refractivity (Wildman–Crippen MR) is 89.6 cm³/mol. The molecule has 2 aliphatic heterocycles. The molecular formula is C18H25N3O. The van der Waals surface area contributed by atoms with Crippen molar-refractivity contribution in [2.75, 3.05) is 26.7 Å². The van der Waals surface area contributed by atoms with Crippen LogP contribution in [-0.2, 0) is 6.42 Å². The molecule has 0 spiro atoms. The maximum absolute atomic E-state index is 5.39. The summed E-state index contributed by atoms with van der Waals surface area (Å²) in [6, 6.07) is 7.74. The van der Waals surface area contributed by atoms with Crippen LogP contribution in [0.25, 0.3) is 10.9 Å². The molecule has 22 heavy (non-hydrogen) atoms. The van der Waals surface area contributed by atoms with Crippen LogP contribution in [-0.4, -0.2) is 48.7 Å². The van der Waals surface area contributed by atoms with Gasteiger partial charge < -0.3 is 15.0 Å². The van der Waals surface area contributed by atoms with Gasteiger partial charge in [-0.1, -0.05) is 0 Å². The van der Waals surface area contributed by atoms with Gasteiger partial charge >= 0.3 is 0 Å². The van der Waals surface area contributed by atoms with Crippen molar-refractivity contribution in [3.05, 3.63) is 30.0 Å². The summed E-state index contributed by atoms with van der Waals surface area (Å²) in [5.41, 5.74) is 2.64. The third kappa shape index (κ3) is 2.50. The highest BCUT2D eigenvalue weighted by molar-refractivity contribution is 5.84. The van der Waals surface area contributed by atoms with Crippen molar-refractivity contribution in [2.24, 2.45) is 0 Å². The second-order valence-electron chi connectivity index (χ2n) is 6.61. The van der Waals surface area contributed by atoms with Crippen LogP contribution >= 0.6 is 0 Å². The fourth-order valence-corrected chi connectivity index (χ4v) is 4.19. The van der Waals surface area contributed by atoms with Crippen LogP contribution < -0.4 is 10.1 Å². The summed E-state index contributed by atoms with van der Waals surface area (Å²) < 4.78 is 5.39. The van der Waals surface area contributed by atoms with Gasteiger partial charge in [0.25, 0.3) is 0 Å². The number of likely N-dealkylation sites (tertiary alicyclic amines) is 1. The molecule has 0 radical (unpaired) electrons. The third-order valence-electron chi connectivity index (χ3n) is 5.36. The van der Waals surface area contributed by atoms with Crippen molar-refractivity contribution in [3.63, 3.8) is 0 Å². The fourth-order valence-electron chi connectivity index (χ4n) is 4.19. The maximum Gasteiger partial charge on any atom is 0.119 e. The van der Waals surface area contributed by atoms with E-state index < -0.39 is 0 Å². The molecule has 118 valence electrons. The molecule has 2 aliphatic rings. The normalized spacial score (nSPS) is 26.0. The van der Waals surface area contributed by atoms with Gasteiger partial charge in [-0.25, -0.2) is 0 Å². The number of nitrogens with zero attached hydrogens (tertiary/aromatic N) is 1. The summed E-state index contributed by atoms with van der Waals surface area (Å²) in [4.78, 5) is 6.16. The van der Waals surface area contributed by atoms with E-state index in [-0.39, 0.29) is 0 Å². The van der Waals surface area contributed by atoms with Gasteiger partial charge in [-0.3, -0.25) is 4.90 Å². The van der Waals surface area contributed by atoms with Crippen LogP contribution in [0.2, 0.25) is 0 Å². The molecule has 2 saturated heterocycles. The number of aromatic nitrogens is 1. The molecule has 2 atom stereocenters. The Kier molecular flexibility index (Phi) is 3.80.